The number of nitrogens with zero attached hydrogens (tertiary/aromatic N) is 4. The molecule has 0 saturated carbocycles. The summed E-state index contributed by atoms with van der Waals surface area (Å²) in [5.74, 6) is -1.85. The number of pyridine rings is 2. The zero-order valence-corrected chi connectivity index (χ0v) is 21.4. The van der Waals surface area contributed by atoms with E-state index in [4.69, 9.17) is 0 Å². The smallest absolute Gasteiger partial charge is 0.263 e. The quantitative estimate of drug-likeness (QED) is 0.303. The lowest BCUT2D eigenvalue weighted by Gasteiger charge is -2.33. The third-order valence-electron chi connectivity index (χ3n) is 6.98. The molecule has 190 valence electrons. The van der Waals surface area contributed by atoms with E-state index in [0.717, 1.165) is 0 Å². The van der Waals surface area contributed by atoms with Crippen molar-refractivity contribution in [2.45, 2.75) is 6.42 Å². The van der Waals surface area contributed by atoms with Gasteiger partial charge in [0.1, 0.15) is 25.5 Å². The summed E-state index contributed by atoms with van der Waals surface area (Å²) in [4.78, 5) is 58.4. The number of amides is 2. The molecular formula is C31H24N4O4+2. The number of fused-ring (bicyclic) bond motifs is 2. The molecule has 2 aliphatic heterocycles. The molecule has 0 fully saturated rings. The van der Waals surface area contributed by atoms with Gasteiger partial charge in [0.15, 0.2) is 30.6 Å². The molecule has 0 spiro atoms. The molecule has 2 aromatic carbocycles. The predicted octanol–water partition coefficient (Wildman–Crippen LogP) is 2.86. The van der Waals surface area contributed by atoms with Crippen LogP contribution in [0.4, 0.5) is 11.4 Å². The van der Waals surface area contributed by atoms with Crippen molar-refractivity contribution in [3.05, 3.63) is 131 Å². The Bertz CT molecular complexity index is 1720. The summed E-state index contributed by atoms with van der Waals surface area (Å²) in [5.41, 5.74) is 2.28. The SMILES string of the molecule is C[n+]1ccc(C(=O)N2/C(=C3\C(=O)c4ccccc4N3C(=O)c3cc[n+](C)cc3)C(=O)Cc3ccccc32)cc1. The molecule has 8 heteroatoms. The highest BCUT2D eigenvalue weighted by atomic mass is 16.2. The molecule has 0 N–H and O–H groups in total. The lowest BCUT2D eigenvalue weighted by molar-refractivity contribution is -0.671. The molecule has 0 atom stereocenters. The average molecular weight is 517 g/mol. The minimum absolute atomic E-state index is 0.00460. The maximum absolute atomic E-state index is 14.1. The summed E-state index contributed by atoms with van der Waals surface area (Å²) in [6, 6.07) is 20.5. The monoisotopic (exact) mass is 516 g/mol. The fraction of sp³-hybridized carbons (Fsp3) is 0.0968. The van der Waals surface area contributed by atoms with Gasteiger partial charge in [0, 0.05) is 36.2 Å². The van der Waals surface area contributed by atoms with Gasteiger partial charge in [-0.1, -0.05) is 30.3 Å². The Morgan fingerprint density at radius 3 is 1.72 bits per heavy atom. The van der Waals surface area contributed by atoms with E-state index in [1.807, 2.05) is 14.1 Å². The van der Waals surface area contributed by atoms with Crippen LogP contribution in [0, 0.1) is 0 Å². The summed E-state index contributed by atoms with van der Waals surface area (Å²) in [7, 11) is 3.67. The van der Waals surface area contributed by atoms with Crippen LogP contribution in [-0.4, -0.2) is 23.4 Å². The molecule has 8 nitrogen and oxygen atoms in total. The molecule has 4 heterocycles. The number of hydrogen-bond donors (Lipinski definition) is 0. The summed E-state index contributed by atoms with van der Waals surface area (Å²) in [5, 5.41) is 0. The molecule has 6 rings (SSSR count). The van der Waals surface area contributed by atoms with Gasteiger partial charge in [0.25, 0.3) is 11.8 Å². The van der Waals surface area contributed by atoms with Crippen molar-refractivity contribution in [2.24, 2.45) is 14.1 Å². The molecule has 4 aromatic rings. The fourth-order valence-corrected chi connectivity index (χ4v) is 5.01. The van der Waals surface area contributed by atoms with Crippen molar-refractivity contribution in [1.82, 2.24) is 0 Å². The van der Waals surface area contributed by atoms with Crippen molar-refractivity contribution in [3.63, 3.8) is 0 Å². The second-order valence-corrected chi connectivity index (χ2v) is 9.56. The van der Waals surface area contributed by atoms with Crippen LogP contribution in [0.1, 0.15) is 36.6 Å². The Balaban J connectivity index is 1.61. The van der Waals surface area contributed by atoms with Crippen LogP contribution in [-0.2, 0) is 25.3 Å². The van der Waals surface area contributed by atoms with E-state index in [2.05, 4.69) is 0 Å². The van der Waals surface area contributed by atoms with Crippen LogP contribution >= 0.6 is 0 Å². The number of rotatable bonds is 2. The molecule has 0 unspecified atom stereocenters. The number of carbonyl (C=O) groups is 4. The first-order chi connectivity index (χ1) is 18.8. The van der Waals surface area contributed by atoms with Gasteiger partial charge in [-0.25, -0.2) is 9.13 Å². The van der Waals surface area contributed by atoms with Gasteiger partial charge in [-0.05, 0) is 23.8 Å². The van der Waals surface area contributed by atoms with Crippen LogP contribution in [0.3, 0.4) is 0 Å². The van der Waals surface area contributed by atoms with Crippen LogP contribution in [0.25, 0.3) is 0 Å². The maximum atomic E-state index is 14.1. The number of ketones is 2. The van der Waals surface area contributed by atoms with Crippen LogP contribution in [0.2, 0.25) is 0 Å². The number of Topliss-reactive ketones (excluding diaryl/α,β-unsaturated/α-hetero) is 2. The third kappa shape index (κ3) is 3.93. The van der Waals surface area contributed by atoms with Gasteiger partial charge in [-0.15, -0.1) is 0 Å². The van der Waals surface area contributed by atoms with E-state index < -0.39 is 23.4 Å². The molecule has 2 amide bonds. The van der Waals surface area contributed by atoms with E-state index in [9.17, 15) is 19.2 Å². The Kier molecular flexibility index (Phi) is 5.72. The molecule has 0 radical (unpaired) electrons. The third-order valence-corrected chi connectivity index (χ3v) is 6.98. The van der Waals surface area contributed by atoms with Crippen molar-refractivity contribution in [2.75, 3.05) is 9.80 Å². The second kappa shape index (κ2) is 9.25. The first-order valence-corrected chi connectivity index (χ1v) is 12.4. The first-order valence-electron chi connectivity index (χ1n) is 12.4. The van der Waals surface area contributed by atoms with Crippen molar-refractivity contribution < 1.29 is 28.3 Å². The molecule has 39 heavy (non-hydrogen) atoms. The first kappa shape index (κ1) is 24.1. The highest BCUT2D eigenvalue weighted by Gasteiger charge is 2.45. The van der Waals surface area contributed by atoms with Crippen LogP contribution in [0.15, 0.2) is 109 Å². The molecule has 2 aliphatic rings. The van der Waals surface area contributed by atoms with Gasteiger partial charge >= 0.3 is 0 Å². The summed E-state index contributed by atoms with van der Waals surface area (Å²) < 4.78 is 3.59. The van der Waals surface area contributed by atoms with Crippen molar-refractivity contribution in [3.8, 4) is 0 Å². The minimum Gasteiger partial charge on any atom is -0.292 e. The normalized spacial score (nSPS) is 16.3. The second-order valence-electron chi connectivity index (χ2n) is 9.56. The predicted molar refractivity (Wildman–Crippen MR) is 142 cm³/mol. The molecule has 0 bridgehead atoms. The molecular weight excluding hydrogens is 492 g/mol. The molecule has 0 aliphatic carbocycles. The summed E-state index contributed by atoms with van der Waals surface area (Å²) in [6.07, 6.45) is 6.93. The Morgan fingerprint density at radius 1 is 0.641 bits per heavy atom. The summed E-state index contributed by atoms with van der Waals surface area (Å²) >= 11 is 0. The van der Waals surface area contributed by atoms with Crippen LogP contribution in [0.5, 0.6) is 0 Å². The minimum atomic E-state index is -0.486. The van der Waals surface area contributed by atoms with Crippen LogP contribution < -0.4 is 18.9 Å². The lowest BCUT2D eigenvalue weighted by atomic mass is 9.94. The van der Waals surface area contributed by atoms with Gasteiger partial charge < -0.3 is 0 Å². The van der Waals surface area contributed by atoms with E-state index in [1.165, 1.54) is 9.80 Å². The van der Waals surface area contributed by atoms with Crippen molar-refractivity contribution in [1.29, 1.82) is 0 Å². The number of carbonyl (C=O) groups excluding carboxylic acids is 4. The number of benzene rings is 2. The summed E-state index contributed by atoms with van der Waals surface area (Å²) in [6.45, 7) is 0. The average Bonchev–Trinajstić information content (AvgIpc) is 3.24. The molecule has 2 aromatic heterocycles. The number of para-hydroxylation sites is 2. The lowest BCUT2D eigenvalue weighted by Crippen LogP contribution is -2.43. The zero-order chi connectivity index (χ0) is 27.3. The highest BCUT2D eigenvalue weighted by molar-refractivity contribution is 6.32. The van der Waals surface area contributed by atoms with E-state index in [1.54, 1.807) is 107 Å². The van der Waals surface area contributed by atoms with Gasteiger partial charge in [-0.3, -0.25) is 29.0 Å². The van der Waals surface area contributed by atoms with Gasteiger partial charge in [-0.2, -0.15) is 0 Å². The Labute approximate surface area is 224 Å². The zero-order valence-electron chi connectivity index (χ0n) is 21.4. The fourth-order valence-electron chi connectivity index (χ4n) is 5.01. The largest absolute Gasteiger partial charge is 0.292 e. The standard InChI is InChI=1S/C31H24N4O4/c1-32-15-11-20(12-16-32)30(38)34-24-9-5-3-7-22(24)19-26(36)27(34)28-29(37)23-8-4-6-10-25(23)35(28)31(39)21-13-17-33(2)18-14-21/h3-18H,19H2,1-2H3/q+2/b28-27+. The van der Waals surface area contributed by atoms with E-state index >= 15 is 0 Å². The number of allylic oxidation sites excluding steroid dienone is 2. The highest BCUT2D eigenvalue weighted by Crippen LogP contribution is 2.41. The van der Waals surface area contributed by atoms with Gasteiger partial charge in [0.2, 0.25) is 5.78 Å². The number of aromatic nitrogens is 2. The Hall–Kier alpha value is -5.24. The van der Waals surface area contributed by atoms with Gasteiger partial charge in [0.05, 0.1) is 22.5 Å². The number of hydrogen-bond acceptors (Lipinski definition) is 4. The maximum Gasteiger partial charge on any atom is 0.263 e. The molecule has 0 saturated heterocycles. The van der Waals surface area contributed by atoms with E-state index in [0.29, 0.717) is 33.6 Å². The number of aryl methyl sites for hydroxylation is 2. The Morgan fingerprint density at radius 2 is 1.13 bits per heavy atom. The topological polar surface area (TPSA) is 82.5 Å². The van der Waals surface area contributed by atoms with Crippen molar-refractivity contribution >= 4 is 34.8 Å². The number of anilines is 2. The van der Waals surface area contributed by atoms with E-state index in [-0.39, 0.29) is 17.8 Å².